The third-order valence-electron chi connectivity index (χ3n) is 0.736. The number of nitrogens with two attached hydrogens (primary N) is 2. The Morgan fingerprint density at radius 1 is 1.71 bits per heavy atom. The monoisotopic (exact) mass is 238 g/mol. The number of aliphatic hydroxyl groups is 1. The summed E-state index contributed by atoms with van der Waals surface area (Å²) in [5.74, 6) is 9.74. The molecule has 0 aromatic carbocycles. The van der Waals surface area contributed by atoms with Gasteiger partial charge < -0.3 is 9.84 Å². The van der Waals surface area contributed by atoms with Crippen LogP contribution in [0.2, 0.25) is 0 Å². The van der Waals surface area contributed by atoms with Gasteiger partial charge in [0.05, 0.1) is 0 Å². The molecule has 0 heterocycles. The fourth-order valence-corrected chi connectivity index (χ4v) is 0.300. The van der Waals surface area contributed by atoms with Crippen molar-refractivity contribution in [3.05, 3.63) is 12.7 Å². The van der Waals surface area contributed by atoms with E-state index >= 15 is 0 Å². The van der Waals surface area contributed by atoms with E-state index in [9.17, 15) is 0 Å². The molecule has 8 heteroatoms. The van der Waals surface area contributed by atoms with E-state index in [1.165, 1.54) is 5.01 Å². The molecule has 0 saturated carbocycles. The fourth-order valence-electron chi connectivity index (χ4n) is 0.232. The summed E-state index contributed by atoms with van der Waals surface area (Å²) in [4.78, 5) is 0. The minimum atomic E-state index is -0.384. The quantitative estimate of drug-likeness (QED) is 0.223. The van der Waals surface area contributed by atoms with Crippen LogP contribution in [0, 0.1) is 0 Å². The highest BCUT2D eigenvalue weighted by Gasteiger charge is 1.95. The Kier molecular flexibility index (Phi) is 11.2. The van der Waals surface area contributed by atoms with Crippen molar-refractivity contribution in [2.45, 2.75) is 0 Å². The van der Waals surface area contributed by atoms with Crippen LogP contribution >= 0.6 is 24.4 Å². The van der Waals surface area contributed by atoms with Crippen LogP contribution in [-0.2, 0) is 4.74 Å². The molecule has 0 rings (SSSR count). The zero-order chi connectivity index (χ0) is 11.6. The molecule has 0 spiro atoms. The summed E-state index contributed by atoms with van der Waals surface area (Å²) in [6.07, 6.45) is 1.61. The largest absolute Gasteiger partial charge is 0.486 e. The van der Waals surface area contributed by atoms with Crippen LogP contribution in [0.4, 0.5) is 0 Å². The first-order chi connectivity index (χ1) is 6.45. The lowest BCUT2D eigenvalue weighted by Gasteiger charge is -2.11. The maximum atomic E-state index is 7.86. The second-order valence-electron chi connectivity index (χ2n) is 1.93. The minimum Gasteiger partial charge on any atom is -0.486 e. The molecule has 0 aliphatic heterocycles. The predicted octanol–water partition coefficient (Wildman–Crippen LogP) is -0.428. The Bertz CT molecular complexity index is 198. The summed E-state index contributed by atoms with van der Waals surface area (Å²) >= 11 is 8.69. The van der Waals surface area contributed by atoms with Crippen molar-refractivity contribution < 1.29 is 9.84 Å². The van der Waals surface area contributed by atoms with Crippen LogP contribution in [-0.4, -0.2) is 34.1 Å². The van der Waals surface area contributed by atoms with Gasteiger partial charge in [-0.15, -0.1) is 0 Å². The summed E-state index contributed by atoms with van der Waals surface area (Å²) in [6, 6.07) is 0. The van der Waals surface area contributed by atoms with Crippen molar-refractivity contribution in [3.63, 3.8) is 0 Å². The lowest BCUT2D eigenvalue weighted by Crippen LogP contribution is -2.33. The number of nitrogens with one attached hydrogen (secondary N) is 1. The lowest BCUT2D eigenvalue weighted by atomic mass is 10.7. The van der Waals surface area contributed by atoms with Gasteiger partial charge in [-0.2, -0.15) is 0 Å². The van der Waals surface area contributed by atoms with E-state index in [2.05, 4.69) is 36.9 Å². The Labute approximate surface area is 93.4 Å². The zero-order valence-electron chi connectivity index (χ0n) is 7.77. The molecule has 0 unspecified atom stereocenters. The van der Waals surface area contributed by atoms with E-state index in [4.69, 9.17) is 15.7 Å². The molecule has 0 atom stereocenters. The van der Waals surface area contributed by atoms with Gasteiger partial charge in [-0.05, 0) is 24.4 Å². The van der Waals surface area contributed by atoms with Gasteiger partial charge in [0, 0.05) is 7.05 Å². The molecule has 82 valence electrons. The second-order valence-corrected chi connectivity index (χ2v) is 2.66. The number of hydrogen-bond acceptors (Lipinski definition) is 5. The Morgan fingerprint density at radius 3 is 2.36 bits per heavy atom. The van der Waals surface area contributed by atoms with Crippen molar-refractivity contribution in [2.24, 2.45) is 11.7 Å². The fraction of sp³-hybridized carbons (Fsp3) is 0.333. The molecule has 0 aliphatic rings. The van der Waals surface area contributed by atoms with Gasteiger partial charge in [-0.25, -0.2) is 11.7 Å². The average Bonchev–Trinajstić information content (AvgIpc) is 2.14. The maximum absolute atomic E-state index is 7.86. The Morgan fingerprint density at radius 2 is 2.14 bits per heavy atom. The standard InChI is InChI=1S/C5H10N2OS.CH4N2OS/c1-3-4-8-5(9)7(2)6;2-3-1(4)5/h3H,1,4,6H2,2H3;2H2,(H2,3,4,5). The van der Waals surface area contributed by atoms with E-state index in [1.54, 1.807) is 13.1 Å². The summed E-state index contributed by atoms with van der Waals surface area (Å²) < 4.78 is 4.87. The van der Waals surface area contributed by atoms with Crippen LogP contribution in [0.3, 0.4) is 0 Å². The smallest absolute Gasteiger partial charge is 0.273 e. The van der Waals surface area contributed by atoms with Crippen molar-refractivity contribution in [3.8, 4) is 0 Å². The number of aliphatic hydroxyl groups excluding tert-OH is 1. The highest BCUT2D eigenvalue weighted by Crippen LogP contribution is 1.82. The molecule has 0 aliphatic carbocycles. The van der Waals surface area contributed by atoms with Crippen LogP contribution in [0.25, 0.3) is 0 Å². The van der Waals surface area contributed by atoms with E-state index in [0.29, 0.717) is 6.61 Å². The van der Waals surface area contributed by atoms with Crippen LogP contribution in [0.5, 0.6) is 0 Å². The first-order valence-electron chi connectivity index (χ1n) is 3.41. The molecule has 0 saturated heterocycles. The number of hydrogen-bond donors (Lipinski definition) is 4. The van der Waals surface area contributed by atoms with E-state index in [-0.39, 0.29) is 10.3 Å². The molecule has 0 radical (unpaired) electrons. The molecule has 14 heavy (non-hydrogen) atoms. The number of ether oxygens (including phenoxy) is 1. The van der Waals surface area contributed by atoms with Crippen molar-refractivity contribution >= 4 is 34.8 Å². The highest BCUT2D eigenvalue weighted by molar-refractivity contribution is 7.80. The number of nitrogens with zero attached hydrogens (tertiary/aromatic N) is 1. The van der Waals surface area contributed by atoms with Gasteiger partial charge in [0.2, 0.25) is 0 Å². The molecule has 6 N–H and O–H groups in total. The summed E-state index contributed by atoms with van der Waals surface area (Å²) in [5.41, 5.74) is 1.81. The third-order valence-corrected chi connectivity index (χ3v) is 1.26. The normalized spacial score (nSPS) is 7.64. The molecular formula is C6H14N4O2S2. The van der Waals surface area contributed by atoms with Crippen LogP contribution in [0.1, 0.15) is 0 Å². The van der Waals surface area contributed by atoms with E-state index < -0.39 is 0 Å². The maximum Gasteiger partial charge on any atom is 0.273 e. The number of rotatable bonds is 2. The van der Waals surface area contributed by atoms with Crippen LogP contribution in [0.15, 0.2) is 12.7 Å². The minimum absolute atomic E-state index is 0.273. The lowest BCUT2D eigenvalue weighted by molar-refractivity contribution is 0.292. The highest BCUT2D eigenvalue weighted by atomic mass is 32.1. The molecule has 0 fully saturated rings. The number of hydrazine groups is 2. The first kappa shape index (κ1) is 15.5. The average molecular weight is 238 g/mol. The number of thiocarbonyl (C=S) groups is 2. The third kappa shape index (κ3) is 13.6. The SMILES string of the molecule is C=CCOC(=S)N(C)N.NNC(O)=S. The zero-order valence-corrected chi connectivity index (χ0v) is 9.40. The van der Waals surface area contributed by atoms with Crippen LogP contribution < -0.4 is 17.1 Å². The Hall–Kier alpha value is -0.960. The van der Waals surface area contributed by atoms with Gasteiger partial charge >= 0.3 is 0 Å². The van der Waals surface area contributed by atoms with E-state index in [1.807, 2.05) is 5.43 Å². The van der Waals surface area contributed by atoms with Gasteiger partial charge in [0.25, 0.3) is 10.3 Å². The van der Waals surface area contributed by atoms with Gasteiger partial charge in [0.15, 0.2) is 0 Å². The molecule has 0 aromatic heterocycles. The van der Waals surface area contributed by atoms with Crippen molar-refractivity contribution in [1.29, 1.82) is 0 Å². The second kappa shape index (κ2) is 10.1. The Balaban J connectivity index is 0. The molecular weight excluding hydrogens is 224 g/mol. The predicted molar refractivity (Wildman–Crippen MR) is 63.2 cm³/mol. The van der Waals surface area contributed by atoms with Crippen molar-refractivity contribution in [1.82, 2.24) is 10.4 Å². The van der Waals surface area contributed by atoms with Gasteiger partial charge in [0.1, 0.15) is 6.61 Å². The van der Waals surface area contributed by atoms with E-state index in [0.717, 1.165) is 0 Å². The molecule has 0 bridgehead atoms. The van der Waals surface area contributed by atoms with Crippen molar-refractivity contribution in [2.75, 3.05) is 13.7 Å². The van der Waals surface area contributed by atoms with Gasteiger partial charge in [-0.3, -0.25) is 10.4 Å². The summed E-state index contributed by atoms with van der Waals surface area (Å²) in [6.45, 7) is 3.85. The molecule has 0 aromatic rings. The summed E-state index contributed by atoms with van der Waals surface area (Å²) in [7, 11) is 1.62. The topological polar surface area (TPSA) is 96.8 Å². The molecule has 0 amide bonds. The van der Waals surface area contributed by atoms with Gasteiger partial charge in [-0.1, -0.05) is 12.7 Å². The first-order valence-corrected chi connectivity index (χ1v) is 4.23. The summed E-state index contributed by atoms with van der Waals surface area (Å²) in [5, 5.41) is 8.98. The molecule has 6 nitrogen and oxygen atoms in total.